The fraction of sp³-hybridized carbons (Fsp3) is 0.300. The lowest BCUT2D eigenvalue weighted by Crippen LogP contribution is -2.41. The number of sulfonamides is 1. The number of hydrogen-bond donors (Lipinski definition) is 1. The summed E-state index contributed by atoms with van der Waals surface area (Å²) in [5.41, 5.74) is 0.649. The van der Waals surface area contributed by atoms with Gasteiger partial charge in [-0.15, -0.1) is 11.8 Å². The molecule has 0 aromatic heterocycles. The Morgan fingerprint density at radius 1 is 1.20 bits per heavy atom. The van der Waals surface area contributed by atoms with E-state index in [0.717, 1.165) is 0 Å². The predicted molar refractivity (Wildman–Crippen MR) is 115 cm³/mol. The van der Waals surface area contributed by atoms with Gasteiger partial charge in [-0.05, 0) is 36.4 Å². The average Bonchev–Trinajstić information content (AvgIpc) is 2.70. The van der Waals surface area contributed by atoms with Crippen molar-refractivity contribution >= 4 is 45.0 Å². The van der Waals surface area contributed by atoms with Crippen LogP contribution in [-0.2, 0) is 19.6 Å². The molecule has 0 saturated heterocycles. The number of hydrogen-bond acceptors (Lipinski definition) is 5. The third-order valence-corrected chi connectivity index (χ3v) is 7.72. The first-order valence-corrected chi connectivity index (χ1v) is 11.8. The molecular formula is C20H22FN3O4S2. The van der Waals surface area contributed by atoms with E-state index in [1.54, 1.807) is 19.9 Å². The lowest BCUT2D eigenvalue weighted by molar-refractivity contribution is -0.120. The zero-order chi connectivity index (χ0) is 21.9. The molecule has 2 amide bonds. The maximum atomic E-state index is 13.3. The van der Waals surface area contributed by atoms with Crippen LogP contribution in [0.1, 0.15) is 13.8 Å². The number of thioether (sulfide) groups is 1. The van der Waals surface area contributed by atoms with Gasteiger partial charge < -0.3 is 10.2 Å². The predicted octanol–water partition coefficient (Wildman–Crippen LogP) is 2.93. The van der Waals surface area contributed by atoms with Crippen LogP contribution in [0.25, 0.3) is 0 Å². The normalized spacial score (nSPS) is 14.0. The Balaban J connectivity index is 1.89. The van der Waals surface area contributed by atoms with Crippen LogP contribution in [0.4, 0.5) is 15.8 Å². The number of rotatable bonds is 7. The Hall–Kier alpha value is -2.43. The standard InChI is InChI=1S/C20H22FN3O4S2/c1-3-23(4-2)30(27,28)16-8-9-18-17(11-16)24(20(26)13-29-18)12-19(25)22-15-7-5-6-14(21)10-15/h5-11H,3-4,12-13H2,1-2H3,(H,22,25). The molecule has 30 heavy (non-hydrogen) atoms. The topological polar surface area (TPSA) is 86.8 Å². The lowest BCUT2D eigenvalue weighted by atomic mass is 10.2. The summed E-state index contributed by atoms with van der Waals surface area (Å²) in [6.45, 7) is 3.84. The van der Waals surface area contributed by atoms with Crippen LogP contribution < -0.4 is 10.2 Å². The third kappa shape index (κ3) is 4.66. The van der Waals surface area contributed by atoms with E-state index in [2.05, 4.69) is 5.32 Å². The van der Waals surface area contributed by atoms with Crippen LogP contribution in [0.3, 0.4) is 0 Å². The van der Waals surface area contributed by atoms with E-state index in [1.807, 2.05) is 0 Å². The molecule has 0 spiro atoms. The number of benzene rings is 2. The van der Waals surface area contributed by atoms with Crippen molar-refractivity contribution in [3.8, 4) is 0 Å². The Labute approximate surface area is 179 Å². The highest BCUT2D eigenvalue weighted by Gasteiger charge is 2.30. The van der Waals surface area contributed by atoms with Crippen molar-refractivity contribution in [2.45, 2.75) is 23.6 Å². The molecule has 0 bridgehead atoms. The molecule has 2 aromatic carbocycles. The lowest BCUT2D eigenvalue weighted by Gasteiger charge is -2.29. The number of nitrogens with one attached hydrogen (secondary N) is 1. The number of carbonyl (C=O) groups is 2. The van der Waals surface area contributed by atoms with Crippen LogP contribution >= 0.6 is 11.8 Å². The van der Waals surface area contributed by atoms with Crippen molar-refractivity contribution in [3.63, 3.8) is 0 Å². The summed E-state index contributed by atoms with van der Waals surface area (Å²) in [5.74, 6) is -1.17. The Morgan fingerprint density at radius 2 is 1.93 bits per heavy atom. The van der Waals surface area contributed by atoms with Crippen LogP contribution in [-0.4, -0.2) is 49.9 Å². The molecule has 7 nitrogen and oxygen atoms in total. The van der Waals surface area contributed by atoms with Gasteiger partial charge in [-0.1, -0.05) is 19.9 Å². The summed E-state index contributed by atoms with van der Waals surface area (Å²) in [5, 5.41) is 2.56. The van der Waals surface area contributed by atoms with Gasteiger partial charge in [-0.2, -0.15) is 4.31 Å². The zero-order valence-electron chi connectivity index (χ0n) is 16.6. The molecule has 0 aliphatic carbocycles. The first-order valence-electron chi connectivity index (χ1n) is 9.39. The minimum atomic E-state index is -3.71. The molecular weight excluding hydrogens is 429 g/mol. The maximum absolute atomic E-state index is 13.3. The van der Waals surface area contributed by atoms with Gasteiger partial charge in [-0.3, -0.25) is 9.59 Å². The minimum absolute atomic E-state index is 0.0655. The van der Waals surface area contributed by atoms with Crippen molar-refractivity contribution in [1.82, 2.24) is 4.31 Å². The molecule has 1 heterocycles. The van der Waals surface area contributed by atoms with E-state index in [-0.39, 0.29) is 28.8 Å². The second kappa shape index (κ2) is 9.15. The second-order valence-electron chi connectivity index (χ2n) is 6.55. The Morgan fingerprint density at radius 3 is 2.60 bits per heavy atom. The molecule has 0 saturated carbocycles. The minimum Gasteiger partial charge on any atom is -0.324 e. The molecule has 0 atom stereocenters. The van der Waals surface area contributed by atoms with E-state index in [9.17, 15) is 22.4 Å². The van der Waals surface area contributed by atoms with E-state index in [1.165, 1.54) is 57.4 Å². The van der Waals surface area contributed by atoms with Crippen molar-refractivity contribution in [1.29, 1.82) is 0 Å². The molecule has 0 unspecified atom stereocenters. The van der Waals surface area contributed by atoms with Crippen LogP contribution in [0.15, 0.2) is 52.3 Å². The van der Waals surface area contributed by atoms with Gasteiger partial charge in [0.05, 0.1) is 16.3 Å². The van der Waals surface area contributed by atoms with Crippen LogP contribution in [0.5, 0.6) is 0 Å². The molecule has 0 radical (unpaired) electrons. The van der Waals surface area contributed by atoms with E-state index in [0.29, 0.717) is 23.7 Å². The molecule has 2 aromatic rings. The molecule has 0 fully saturated rings. The van der Waals surface area contributed by atoms with E-state index in [4.69, 9.17) is 0 Å². The van der Waals surface area contributed by atoms with Crippen molar-refractivity contribution in [3.05, 3.63) is 48.3 Å². The highest BCUT2D eigenvalue weighted by molar-refractivity contribution is 8.00. The fourth-order valence-electron chi connectivity index (χ4n) is 3.14. The third-order valence-electron chi connectivity index (χ3n) is 4.63. The van der Waals surface area contributed by atoms with Crippen molar-refractivity contribution < 1.29 is 22.4 Å². The molecule has 160 valence electrons. The summed E-state index contributed by atoms with van der Waals surface area (Å²) < 4.78 is 40.4. The number of anilines is 2. The highest BCUT2D eigenvalue weighted by Crippen LogP contribution is 2.37. The SMILES string of the molecule is CCN(CC)S(=O)(=O)c1ccc2c(c1)N(CC(=O)Nc1cccc(F)c1)C(=O)CS2. The summed E-state index contributed by atoms with van der Waals surface area (Å²) in [7, 11) is -3.71. The molecule has 10 heteroatoms. The van der Waals surface area contributed by atoms with Gasteiger partial charge >= 0.3 is 0 Å². The number of amides is 2. The molecule has 1 N–H and O–H groups in total. The largest absolute Gasteiger partial charge is 0.324 e. The number of carbonyl (C=O) groups excluding carboxylic acids is 2. The van der Waals surface area contributed by atoms with Gasteiger partial charge in [0.1, 0.15) is 12.4 Å². The molecule has 3 rings (SSSR count). The Bertz CT molecular complexity index is 1070. The first-order chi connectivity index (χ1) is 14.3. The maximum Gasteiger partial charge on any atom is 0.244 e. The van der Waals surface area contributed by atoms with E-state index >= 15 is 0 Å². The Kier molecular flexibility index (Phi) is 6.79. The molecule has 1 aliphatic rings. The summed E-state index contributed by atoms with van der Waals surface area (Å²) in [4.78, 5) is 27.0. The van der Waals surface area contributed by atoms with Gasteiger partial charge in [0.25, 0.3) is 0 Å². The van der Waals surface area contributed by atoms with E-state index < -0.39 is 21.7 Å². The summed E-state index contributed by atoms with van der Waals surface area (Å²) in [6.07, 6.45) is 0. The fourth-order valence-corrected chi connectivity index (χ4v) is 5.53. The zero-order valence-corrected chi connectivity index (χ0v) is 18.2. The van der Waals surface area contributed by atoms with Gasteiger partial charge in [0.2, 0.25) is 21.8 Å². The summed E-state index contributed by atoms with van der Waals surface area (Å²) >= 11 is 1.29. The van der Waals surface area contributed by atoms with Crippen LogP contribution in [0.2, 0.25) is 0 Å². The molecule has 1 aliphatic heterocycles. The monoisotopic (exact) mass is 451 g/mol. The van der Waals surface area contributed by atoms with Gasteiger partial charge in [0.15, 0.2) is 0 Å². The van der Waals surface area contributed by atoms with Crippen LogP contribution in [0, 0.1) is 5.82 Å². The number of halogens is 1. The number of fused-ring (bicyclic) bond motifs is 1. The second-order valence-corrected chi connectivity index (χ2v) is 9.50. The quantitative estimate of drug-likeness (QED) is 0.700. The van der Waals surface area contributed by atoms with Crippen molar-refractivity contribution in [2.24, 2.45) is 0 Å². The highest BCUT2D eigenvalue weighted by atomic mass is 32.2. The first kappa shape index (κ1) is 22.3. The smallest absolute Gasteiger partial charge is 0.244 e. The van der Waals surface area contributed by atoms with Gasteiger partial charge in [-0.25, -0.2) is 12.8 Å². The van der Waals surface area contributed by atoms with Gasteiger partial charge in [0, 0.05) is 23.7 Å². The summed E-state index contributed by atoms with van der Waals surface area (Å²) in [6, 6.07) is 10.0. The number of nitrogens with zero attached hydrogens (tertiary/aromatic N) is 2. The average molecular weight is 452 g/mol. The van der Waals surface area contributed by atoms with Crippen molar-refractivity contribution in [2.75, 3.05) is 35.6 Å².